The molecular weight excluding hydrogens is 422 g/mol. The topological polar surface area (TPSA) is 214 Å². The third kappa shape index (κ3) is 10.1. The number of amides is 4. The van der Waals surface area contributed by atoms with Gasteiger partial charge in [-0.2, -0.15) is 0 Å². The van der Waals surface area contributed by atoms with Gasteiger partial charge in [-0.05, 0) is 25.2 Å². The molecule has 0 saturated carbocycles. The van der Waals surface area contributed by atoms with Gasteiger partial charge in [0.1, 0.15) is 18.1 Å². The number of carbonyl (C=O) groups excluding carboxylic acids is 4. The summed E-state index contributed by atoms with van der Waals surface area (Å²) in [7, 11) is 0. The average molecular weight is 460 g/mol. The van der Waals surface area contributed by atoms with Crippen LogP contribution < -0.4 is 27.4 Å². The van der Waals surface area contributed by atoms with Crippen molar-refractivity contribution in [3.8, 4) is 0 Å². The zero-order valence-corrected chi connectivity index (χ0v) is 19.3. The molecule has 0 aliphatic heterocycles. The number of carbonyl (C=O) groups is 5. The molecule has 0 radical (unpaired) electrons. The predicted octanol–water partition coefficient (Wildman–Crippen LogP) is -1.80. The fourth-order valence-electron chi connectivity index (χ4n) is 2.89. The van der Waals surface area contributed by atoms with Gasteiger partial charge in [0, 0.05) is 0 Å². The summed E-state index contributed by atoms with van der Waals surface area (Å²) in [5.41, 5.74) is 10.9. The minimum atomic E-state index is -1.63. The van der Waals surface area contributed by atoms with Gasteiger partial charge in [-0.3, -0.25) is 19.2 Å². The van der Waals surface area contributed by atoms with Crippen molar-refractivity contribution in [1.29, 1.82) is 0 Å². The molecule has 0 aromatic heterocycles. The third-order valence-electron chi connectivity index (χ3n) is 4.94. The van der Waals surface area contributed by atoms with Crippen LogP contribution in [0.1, 0.15) is 53.9 Å². The van der Waals surface area contributed by atoms with E-state index in [1.54, 1.807) is 6.92 Å². The molecule has 184 valence electrons. The first-order valence-electron chi connectivity index (χ1n) is 10.6. The highest BCUT2D eigenvalue weighted by Crippen LogP contribution is 2.11. The Hall–Kier alpha value is -2.73. The first kappa shape index (κ1) is 29.3. The lowest BCUT2D eigenvalue weighted by atomic mass is 9.96. The number of rotatable bonds is 14. The number of carboxylic acids is 1. The number of primary amides is 1. The summed E-state index contributed by atoms with van der Waals surface area (Å²) in [6.07, 6.45) is -1.14. The van der Waals surface area contributed by atoms with Crippen molar-refractivity contribution in [1.82, 2.24) is 16.0 Å². The summed E-state index contributed by atoms with van der Waals surface area (Å²) in [4.78, 5) is 60.1. The second-order valence-electron chi connectivity index (χ2n) is 8.40. The van der Waals surface area contributed by atoms with Crippen LogP contribution in [0.15, 0.2) is 0 Å². The first-order valence-corrected chi connectivity index (χ1v) is 10.6. The average Bonchev–Trinajstić information content (AvgIpc) is 2.67. The predicted molar refractivity (Wildman–Crippen MR) is 116 cm³/mol. The maximum atomic E-state index is 12.9. The Bertz CT molecular complexity index is 683. The minimum Gasteiger partial charge on any atom is -0.480 e. The van der Waals surface area contributed by atoms with E-state index >= 15 is 0 Å². The molecule has 0 aliphatic rings. The van der Waals surface area contributed by atoms with E-state index in [4.69, 9.17) is 16.6 Å². The van der Waals surface area contributed by atoms with E-state index in [2.05, 4.69) is 16.0 Å². The van der Waals surface area contributed by atoms with E-state index in [0.29, 0.717) is 12.8 Å². The third-order valence-corrected chi connectivity index (χ3v) is 4.94. The van der Waals surface area contributed by atoms with Gasteiger partial charge in [-0.1, -0.05) is 34.1 Å². The second kappa shape index (κ2) is 13.6. The molecule has 9 N–H and O–H groups in total. The maximum Gasteiger partial charge on any atom is 0.326 e. The number of nitrogens with one attached hydrogen (secondary N) is 3. The highest BCUT2D eigenvalue weighted by atomic mass is 16.4. The molecule has 0 bridgehead atoms. The van der Waals surface area contributed by atoms with Crippen molar-refractivity contribution >= 4 is 29.6 Å². The van der Waals surface area contributed by atoms with Crippen molar-refractivity contribution < 1.29 is 34.2 Å². The summed E-state index contributed by atoms with van der Waals surface area (Å²) in [6.45, 7) is 8.57. The van der Waals surface area contributed by atoms with Crippen LogP contribution in [0, 0.1) is 11.8 Å². The van der Waals surface area contributed by atoms with Gasteiger partial charge in [0.15, 0.2) is 0 Å². The fraction of sp³-hybridized carbons (Fsp3) is 0.750. The Balaban J connectivity index is 5.49. The normalized spacial score (nSPS) is 16.8. The van der Waals surface area contributed by atoms with E-state index in [1.807, 2.05) is 20.8 Å². The van der Waals surface area contributed by atoms with Gasteiger partial charge in [0.2, 0.25) is 23.6 Å². The van der Waals surface area contributed by atoms with Crippen LogP contribution in [0.3, 0.4) is 0 Å². The molecule has 0 fully saturated rings. The summed E-state index contributed by atoms with van der Waals surface area (Å²) in [5.74, 6) is -4.91. The Morgan fingerprint density at radius 1 is 0.875 bits per heavy atom. The van der Waals surface area contributed by atoms with Crippen LogP contribution in [0.2, 0.25) is 0 Å². The molecule has 12 heteroatoms. The van der Waals surface area contributed by atoms with Gasteiger partial charge < -0.3 is 37.6 Å². The quantitative estimate of drug-likeness (QED) is 0.157. The molecule has 0 aromatic carbocycles. The van der Waals surface area contributed by atoms with Crippen LogP contribution in [0.4, 0.5) is 0 Å². The number of aliphatic hydroxyl groups excluding tert-OH is 1. The fourth-order valence-corrected chi connectivity index (χ4v) is 2.89. The van der Waals surface area contributed by atoms with Crippen molar-refractivity contribution in [2.75, 3.05) is 0 Å². The standard InChI is InChI=1S/C20H37N5O7/c1-6-10(4)15(24-17(28)12(21)7-9(2)3)18(29)25-16(11(5)26)19(30)23-13(20(31)32)8-14(22)27/h9-13,15-16,26H,6-8,21H2,1-5H3,(H2,22,27)(H,23,30)(H,24,28)(H,25,29)(H,31,32). The summed E-state index contributed by atoms with van der Waals surface area (Å²) in [5, 5.41) is 26.2. The molecule has 12 nitrogen and oxygen atoms in total. The zero-order valence-electron chi connectivity index (χ0n) is 19.3. The first-order chi connectivity index (χ1) is 14.7. The number of nitrogens with two attached hydrogens (primary N) is 2. The number of aliphatic hydroxyl groups is 1. The smallest absolute Gasteiger partial charge is 0.326 e. The molecule has 0 spiro atoms. The molecule has 0 aliphatic carbocycles. The Morgan fingerprint density at radius 2 is 1.38 bits per heavy atom. The highest BCUT2D eigenvalue weighted by Gasteiger charge is 2.34. The number of aliphatic carboxylic acids is 1. The number of hydrogen-bond donors (Lipinski definition) is 7. The molecule has 0 heterocycles. The van der Waals surface area contributed by atoms with Gasteiger partial charge >= 0.3 is 5.97 Å². The summed E-state index contributed by atoms with van der Waals surface area (Å²) in [6, 6.07) is -5.03. The van der Waals surface area contributed by atoms with Crippen molar-refractivity contribution in [3.63, 3.8) is 0 Å². The molecule has 0 rings (SSSR count). The highest BCUT2D eigenvalue weighted by molar-refractivity contribution is 5.95. The lowest BCUT2D eigenvalue weighted by Gasteiger charge is -2.29. The van der Waals surface area contributed by atoms with Crippen LogP contribution in [-0.4, -0.2) is 70.1 Å². The minimum absolute atomic E-state index is 0.164. The summed E-state index contributed by atoms with van der Waals surface area (Å²) < 4.78 is 0. The monoisotopic (exact) mass is 459 g/mol. The lowest BCUT2D eigenvalue weighted by Crippen LogP contribution is -2.61. The van der Waals surface area contributed by atoms with Gasteiger partial charge in [0.25, 0.3) is 0 Å². The van der Waals surface area contributed by atoms with Gasteiger partial charge in [-0.15, -0.1) is 0 Å². The molecule has 0 saturated heterocycles. The lowest BCUT2D eigenvalue weighted by molar-refractivity contribution is -0.144. The molecule has 0 aromatic rings. The van der Waals surface area contributed by atoms with Crippen molar-refractivity contribution in [2.45, 2.75) is 84.2 Å². The molecule has 4 amide bonds. The largest absolute Gasteiger partial charge is 0.480 e. The molecule has 6 atom stereocenters. The Morgan fingerprint density at radius 3 is 1.78 bits per heavy atom. The summed E-state index contributed by atoms with van der Waals surface area (Å²) >= 11 is 0. The maximum absolute atomic E-state index is 12.9. The van der Waals surface area contributed by atoms with E-state index in [9.17, 15) is 29.1 Å². The zero-order chi connectivity index (χ0) is 25.2. The van der Waals surface area contributed by atoms with Crippen LogP contribution in [0.25, 0.3) is 0 Å². The van der Waals surface area contributed by atoms with Crippen molar-refractivity contribution in [3.05, 3.63) is 0 Å². The molecule has 32 heavy (non-hydrogen) atoms. The van der Waals surface area contributed by atoms with Crippen LogP contribution >= 0.6 is 0 Å². The van der Waals surface area contributed by atoms with E-state index in [0.717, 1.165) is 0 Å². The van der Waals surface area contributed by atoms with E-state index in [-0.39, 0.29) is 11.8 Å². The molecule has 6 unspecified atom stereocenters. The van der Waals surface area contributed by atoms with Gasteiger partial charge in [-0.25, -0.2) is 4.79 Å². The van der Waals surface area contributed by atoms with E-state index < -0.39 is 66.3 Å². The molecular formula is C20H37N5O7. The second-order valence-corrected chi connectivity index (χ2v) is 8.40. The van der Waals surface area contributed by atoms with Crippen LogP contribution in [-0.2, 0) is 24.0 Å². The SMILES string of the molecule is CCC(C)C(NC(=O)C(N)CC(C)C)C(=O)NC(C(=O)NC(CC(N)=O)C(=O)O)C(C)O. The Kier molecular flexibility index (Phi) is 12.5. The van der Waals surface area contributed by atoms with E-state index in [1.165, 1.54) is 6.92 Å². The number of carboxylic acid groups (broad SMARTS) is 1. The van der Waals surface area contributed by atoms with Gasteiger partial charge in [0.05, 0.1) is 18.6 Å². The van der Waals surface area contributed by atoms with Crippen molar-refractivity contribution in [2.24, 2.45) is 23.3 Å². The van der Waals surface area contributed by atoms with Crippen LogP contribution in [0.5, 0.6) is 0 Å². The number of hydrogen-bond acceptors (Lipinski definition) is 7. The Labute approximate surface area is 187 Å².